The predicted octanol–water partition coefficient (Wildman–Crippen LogP) is 2.17. The number of hydrogen-bond acceptors (Lipinski definition) is 5. The van der Waals surface area contributed by atoms with E-state index in [4.69, 9.17) is 0 Å². The number of rotatable bonds is 4. The molecule has 3 aromatic rings. The molecule has 0 bridgehead atoms. The Morgan fingerprint density at radius 1 is 1.10 bits per heavy atom. The van der Waals surface area contributed by atoms with Gasteiger partial charge < -0.3 is 0 Å². The fourth-order valence-electron chi connectivity index (χ4n) is 1.74. The first kappa shape index (κ1) is 13.2. The zero-order valence-corrected chi connectivity index (χ0v) is 12.0. The maximum atomic E-state index is 12.0. The van der Waals surface area contributed by atoms with E-state index in [9.17, 15) is 8.42 Å². The Bertz CT molecular complexity index is 830. The first-order chi connectivity index (χ1) is 9.65. The van der Waals surface area contributed by atoms with Crippen LogP contribution in [0.25, 0.3) is 11.0 Å². The molecule has 0 fully saturated rings. The summed E-state index contributed by atoms with van der Waals surface area (Å²) in [4.78, 5) is 8.62. The van der Waals surface area contributed by atoms with Gasteiger partial charge in [0.1, 0.15) is 4.21 Å². The molecule has 20 heavy (non-hydrogen) atoms. The molecule has 0 saturated carbocycles. The third-order valence-electron chi connectivity index (χ3n) is 2.70. The van der Waals surface area contributed by atoms with Gasteiger partial charge in [-0.05, 0) is 23.6 Å². The lowest BCUT2D eigenvalue weighted by Gasteiger charge is -2.05. The topological polar surface area (TPSA) is 72.0 Å². The maximum Gasteiger partial charge on any atom is 0.250 e. The van der Waals surface area contributed by atoms with E-state index in [0.717, 1.165) is 11.0 Å². The van der Waals surface area contributed by atoms with Crippen LogP contribution in [0.1, 0.15) is 5.69 Å². The van der Waals surface area contributed by atoms with Gasteiger partial charge in [0.05, 0.1) is 29.5 Å². The number of thiophene rings is 1. The standard InChI is InChI=1S/C13H11N3O2S2/c17-20(18,13-6-3-7-19-13)15-9-10-8-14-11-4-1-2-5-12(11)16-10/h1-8,15H,9H2. The van der Waals surface area contributed by atoms with Gasteiger partial charge in [-0.15, -0.1) is 11.3 Å². The average molecular weight is 305 g/mol. The summed E-state index contributed by atoms with van der Waals surface area (Å²) < 4.78 is 26.8. The monoisotopic (exact) mass is 305 g/mol. The molecular formula is C13H11N3O2S2. The first-order valence-corrected chi connectivity index (χ1v) is 8.25. The largest absolute Gasteiger partial charge is 0.253 e. The summed E-state index contributed by atoms with van der Waals surface area (Å²) in [5, 5.41) is 1.73. The Morgan fingerprint density at radius 2 is 1.90 bits per heavy atom. The van der Waals surface area contributed by atoms with Gasteiger partial charge >= 0.3 is 0 Å². The molecule has 7 heteroatoms. The minimum absolute atomic E-state index is 0.123. The van der Waals surface area contributed by atoms with Crippen LogP contribution in [0.15, 0.2) is 52.2 Å². The number of para-hydroxylation sites is 2. The number of nitrogens with one attached hydrogen (secondary N) is 1. The lowest BCUT2D eigenvalue weighted by Crippen LogP contribution is -2.23. The fraction of sp³-hybridized carbons (Fsp3) is 0.0769. The zero-order chi connectivity index (χ0) is 14.0. The van der Waals surface area contributed by atoms with E-state index < -0.39 is 10.0 Å². The fourth-order valence-corrected chi connectivity index (χ4v) is 3.77. The van der Waals surface area contributed by atoms with E-state index >= 15 is 0 Å². The molecule has 1 aromatic carbocycles. The minimum atomic E-state index is -3.47. The number of nitrogens with zero attached hydrogens (tertiary/aromatic N) is 2. The molecule has 2 heterocycles. The van der Waals surface area contributed by atoms with Gasteiger partial charge in [0.2, 0.25) is 10.0 Å². The smallest absolute Gasteiger partial charge is 0.250 e. The van der Waals surface area contributed by atoms with Crippen LogP contribution in [0, 0.1) is 0 Å². The zero-order valence-electron chi connectivity index (χ0n) is 10.4. The second kappa shape index (κ2) is 5.28. The second-order valence-electron chi connectivity index (χ2n) is 4.11. The molecule has 0 spiro atoms. The third-order valence-corrected chi connectivity index (χ3v) is 5.50. The van der Waals surface area contributed by atoms with Crippen molar-refractivity contribution >= 4 is 32.4 Å². The van der Waals surface area contributed by atoms with Crippen molar-refractivity contribution < 1.29 is 8.42 Å². The maximum absolute atomic E-state index is 12.0. The minimum Gasteiger partial charge on any atom is -0.253 e. The van der Waals surface area contributed by atoms with E-state index in [2.05, 4.69) is 14.7 Å². The highest BCUT2D eigenvalue weighted by Gasteiger charge is 2.14. The summed E-state index contributed by atoms with van der Waals surface area (Å²) in [6.07, 6.45) is 1.58. The highest BCUT2D eigenvalue weighted by Crippen LogP contribution is 2.16. The molecule has 1 N–H and O–H groups in total. The Morgan fingerprint density at radius 3 is 2.65 bits per heavy atom. The summed E-state index contributed by atoms with van der Waals surface area (Å²) in [7, 11) is -3.47. The summed E-state index contributed by atoms with van der Waals surface area (Å²) >= 11 is 1.18. The second-order valence-corrected chi connectivity index (χ2v) is 7.05. The van der Waals surface area contributed by atoms with Crippen LogP contribution in [0.3, 0.4) is 0 Å². The van der Waals surface area contributed by atoms with Crippen molar-refractivity contribution in [3.8, 4) is 0 Å². The van der Waals surface area contributed by atoms with Crippen LogP contribution in [0.4, 0.5) is 0 Å². The molecule has 0 saturated heterocycles. The van der Waals surface area contributed by atoms with E-state index in [0.29, 0.717) is 9.90 Å². The lowest BCUT2D eigenvalue weighted by atomic mass is 10.3. The van der Waals surface area contributed by atoms with Crippen LogP contribution in [0.2, 0.25) is 0 Å². The summed E-state index contributed by atoms with van der Waals surface area (Å²) in [6.45, 7) is 0.123. The molecule has 0 radical (unpaired) electrons. The SMILES string of the molecule is O=S(=O)(NCc1cnc2ccccc2n1)c1cccs1. The molecule has 3 rings (SSSR count). The van der Waals surface area contributed by atoms with Crippen LogP contribution >= 0.6 is 11.3 Å². The molecule has 102 valence electrons. The molecule has 0 atom stereocenters. The highest BCUT2D eigenvalue weighted by atomic mass is 32.2. The van der Waals surface area contributed by atoms with E-state index in [1.165, 1.54) is 11.3 Å². The number of benzene rings is 1. The quantitative estimate of drug-likeness (QED) is 0.802. The van der Waals surface area contributed by atoms with Gasteiger partial charge in [0.15, 0.2) is 0 Å². The molecule has 2 aromatic heterocycles. The molecule has 0 unspecified atom stereocenters. The molecule has 0 aliphatic rings. The van der Waals surface area contributed by atoms with Gasteiger partial charge in [-0.2, -0.15) is 0 Å². The first-order valence-electron chi connectivity index (χ1n) is 5.89. The third kappa shape index (κ3) is 2.69. The van der Waals surface area contributed by atoms with Gasteiger partial charge in [-0.25, -0.2) is 18.1 Å². The Kier molecular flexibility index (Phi) is 3.47. The van der Waals surface area contributed by atoms with Gasteiger partial charge in [-0.3, -0.25) is 4.98 Å². The van der Waals surface area contributed by atoms with Crippen LogP contribution in [0.5, 0.6) is 0 Å². The van der Waals surface area contributed by atoms with Crippen molar-refractivity contribution in [2.45, 2.75) is 10.8 Å². The highest BCUT2D eigenvalue weighted by molar-refractivity contribution is 7.91. The lowest BCUT2D eigenvalue weighted by molar-refractivity contribution is 0.582. The van der Waals surface area contributed by atoms with Crippen molar-refractivity contribution in [3.05, 3.63) is 53.7 Å². The number of aromatic nitrogens is 2. The van der Waals surface area contributed by atoms with Crippen molar-refractivity contribution in [2.75, 3.05) is 0 Å². The number of sulfonamides is 1. The van der Waals surface area contributed by atoms with E-state index in [1.807, 2.05) is 24.3 Å². The molecule has 0 aliphatic carbocycles. The molecule has 0 aliphatic heterocycles. The van der Waals surface area contributed by atoms with Crippen molar-refractivity contribution in [2.24, 2.45) is 0 Å². The Balaban J connectivity index is 1.80. The summed E-state index contributed by atoms with van der Waals surface area (Å²) in [6, 6.07) is 10.7. The Hall–Kier alpha value is -1.83. The predicted molar refractivity (Wildman–Crippen MR) is 77.9 cm³/mol. The van der Waals surface area contributed by atoms with Gasteiger partial charge in [-0.1, -0.05) is 18.2 Å². The summed E-state index contributed by atoms with van der Waals surface area (Å²) in [5.74, 6) is 0. The number of fused-ring (bicyclic) bond motifs is 1. The average Bonchev–Trinajstić information content (AvgIpc) is 3.00. The van der Waals surface area contributed by atoms with E-state index in [-0.39, 0.29) is 6.54 Å². The molecular weight excluding hydrogens is 294 g/mol. The molecule has 0 amide bonds. The van der Waals surface area contributed by atoms with Crippen LogP contribution < -0.4 is 4.72 Å². The van der Waals surface area contributed by atoms with Crippen molar-refractivity contribution in [3.63, 3.8) is 0 Å². The molecule has 5 nitrogen and oxygen atoms in total. The Labute approximate surface area is 120 Å². The van der Waals surface area contributed by atoms with Crippen molar-refractivity contribution in [1.29, 1.82) is 0 Å². The van der Waals surface area contributed by atoms with Crippen LogP contribution in [-0.4, -0.2) is 18.4 Å². The van der Waals surface area contributed by atoms with E-state index in [1.54, 1.807) is 23.7 Å². The van der Waals surface area contributed by atoms with Gasteiger partial charge in [0.25, 0.3) is 0 Å². The normalized spacial score (nSPS) is 11.8. The van der Waals surface area contributed by atoms with Gasteiger partial charge in [0, 0.05) is 0 Å². The number of hydrogen-bond donors (Lipinski definition) is 1. The van der Waals surface area contributed by atoms with Crippen molar-refractivity contribution in [1.82, 2.24) is 14.7 Å². The van der Waals surface area contributed by atoms with Crippen LogP contribution in [-0.2, 0) is 16.6 Å². The summed E-state index contributed by atoms with van der Waals surface area (Å²) in [5.41, 5.74) is 2.13.